The Labute approximate surface area is 218 Å². The average molecular weight is 500 g/mol. The molecule has 3 saturated heterocycles. The van der Waals surface area contributed by atoms with Crippen LogP contribution in [0.5, 0.6) is 5.75 Å². The molecule has 3 fully saturated rings. The van der Waals surface area contributed by atoms with Crippen molar-refractivity contribution < 1.29 is 32.7 Å². The van der Waals surface area contributed by atoms with E-state index in [0.717, 1.165) is 5.56 Å². The standard InChI is InChI=1S/C26H43B3O7/c1-20(2)21(3,4)32-27(31-20)26(18-15-14-16-19(17-18)30-13,28-33-22(5,6)23(7,8)34-28)29-35-24(9,10)25(11,12)36-29/h14-17H,1-13H3. The second kappa shape index (κ2) is 8.24. The molecule has 0 amide bonds. The van der Waals surface area contributed by atoms with E-state index in [1.54, 1.807) is 7.11 Å². The second-order valence-corrected chi connectivity index (χ2v) is 13.4. The van der Waals surface area contributed by atoms with Crippen LogP contribution in [0, 0.1) is 0 Å². The Hall–Kier alpha value is -1.03. The van der Waals surface area contributed by atoms with E-state index in [1.807, 2.05) is 107 Å². The quantitative estimate of drug-likeness (QED) is 0.538. The maximum absolute atomic E-state index is 6.77. The minimum absolute atomic E-state index is 0.602. The van der Waals surface area contributed by atoms with Crippen LogP contribution in [-0.4, -0.2) is 62.1 Å². The van der Waals surface area contributed by atoms with Gasteiger partial charge in [0.05, 0.1) is 40.7 Å². The van der Waals surface area contributed by atoms with Crippen LogP contribution in [0.1, 0.15) is 88.6 Å². The lowest BCUT2D eigenvalue weighted by molar-refractivity contribution is 0.00578. The normalized spacial score (nSPS) is 27.5. The van der Waals surface area contributed by atoms with Gasteiger partial charge in [-0.25, -0.2) is 0 Å². The van der Waals surface area contributed by atoms with Gasteiger partial charge >= 0.3 is 21.4 Å². The Morgan fingerprint density at radius 1 is 0.556 bits per heavy atom. The molecular weight excluding hydrogens is 457 g/mol. The summed E-state index contributed by atoms with van der Waals surface area (Å²) in [5.74, 6) is 0.696. The molecule has 4 rings (SSSR count). The third-order valence-corrected chi connectivity index (χ3v) is 9.50. The number of hydrogen-bond donors (Lipinski definition) is 0. The van der Waals surface area contributed by atoms with E-state index in [-0.39, 0.29) is 0 Å². The SMILES string of the molecule is COc1cccc(C(B2OC(C)(C)C(C)(C)O2)(B2OC(C)(C)C(C)(C)O2)B2OC(C)(C)C(C)(C)O2)c1. The summed E-state index contributed by atoms with van der Waals surface area (Å²) in [6.45, 7) is 24.5. The van der Waals surface area contributed by atoms with Crippen molar-refractivity contribution in [2.45, 2.75) is 122 Å². The molecule has 7 nitrogen and oxygen atoms in total. The maximum Gasteiger partial charge on any atom is 0.464 e. The first kappa shape index (κ1) is 28.0. The van der Waals surface area contributed by atoms with E-state index in [4.69, 9.17) is 32.7 Å². The van der Waals surface area contributed by atoms with E-state index in [2.05, 4.69) is 0 Å². The molecule has 0 aliphatic carbocycles. The van der Waals surface area contributed by atoms with Crippen LogP contribution in [0.15, 0.2) is 24.3 Å². The topological polar surface area (TPSA) is 64.6 Å². The van der Waals surface area contributed by atoms with Crippen molar-refractivity contribution in [3.63, 3.8) is 0 Å². The molecule has 3 heterocycles. The molecule has 1 aromatic rings. The van der Waals surface area contributed by atoms with Crippen molar-refractivity contribution >= 4 is 21.4 Å². The summed E-state index contributed by atoms with van der Waals surface area (Å²) in [6.07, 6.45) is 0. The first-order valence-corrected chi connectivity index (χ1v) is 12.9. The van der Waals surface area contributed by atoms with E-state index >= 15 is 0 Å². The van der Waals surface area contributed by atoms with Crippen molar-refractivity contribution in [1.29, 1.82) is 0 Å². The van der Waals surface area contributed by atoms with Crippen LogP contribution in [0.2, 0.25) is 0 Å². The van der Waals surface area contributed by atoms with Crippen LogP contribution < -0.4 is 4.74 Å². The highest BCUT2D eigenvalue weighted by Gasteiger charge is 2.78. The van der Waals surface area contributed by atoms with Crippen LogP contribution in [0.25, 0.3) is 0 Å². The third kappa shape index (κ3) is 3.99. The summed E-state index contributed by atoms with van der Waals surface area (Å²) in [5, 5.41) is -1.16. The molecule has 0 aromatic heterocycles. The van der Waals surface area contributed by atoms with Gasteiger partial charge in [-0.1, -0.05) is 12.1 Å². The molecule has 0 unspecified atom stereocenters. The lowest BCUT2D eigenvalue weighted by atomic mass is 9.22. The molecule has 0 spiro atoms. The molecule has 1 aromatic carbocycles. The molecular formula is C26H43B3O7. The molecule has 10 heteroatoms. The Kier molecular flexibility index (Phi) is 6.40. The van der Waals surface area contributed by atoms with Crippen LogP contribution >= 0.6 is 0 Å². The summed E-state index contributed by atoms with van der Waals surface area (Å²) in [7, 11) is -0.767. The Morgan fingerprint density at radius 3 is 1.14 bits per heavy atom. The first-order valence-electron chi connectivity index (χ1n) is 12.9. The Morgan fingerprint density at radius 2 is 0.861 bits per heavy atom. The molecule has 3 aliphatic heterocycles. The molecule has 3 aliphatic rings. The van der Waals surface area contributed by atoms with Gasteiger partial charge in [-0.15, -0.1) is 0 Å². The fraction of sp³-hybridized carbons (Fsp3) is 0.769. The highest BCUT2D eigenvalue weighted by Crippen LogP contribution is 2.54. The van der Waals surface area contributed by atoms with Crippen molar-refractivity contribution in [3.8, 4) is 5.75 Å². The Balaban J connectivity index is 2.00. The van der Waals surface area contributed by atoms with Gasteiger partial charge in [-0.05, 0) is 101 Å². The highest BCUT2D eigenvalue weighted by molar-refractivity contribution is 6.89. The molecule has 36 heavy (non-hydrogen) atoms. The van der Waals surface area contributed by atoms with Gasteiger partial charge in [0, 0.05) is 0 Å². The smallest absolute Gasteiger partial charge is 0.464 e. The number of methoxy groups -OCH3 is 1. The predicted octanol–water partition coefficient (Wildman–Crippen LogP) is 4.83. The zero-order valence-electron chi connectivity index (χ0n) is 24.4. The highest BCUT2D eigenvalue weighted by atomic mass is 16.7. The van der Waals surface area contributed by atoms with Crippen molar-refractivity contribution in [1.82, 2.24) is 0 Å². The summed E-state index contributed by atoms with van der Waals surface area (Å²) in [6, 6.07) is 7.85. The summed E-state index contributed by atoms with van der Waals surface area (Å²) in [4.78, 5) is 0. The van der Waals surface area contributed by atoms with Gasteiger partial charge in [0.25, 0.3) is 0 Å². The summed E-state index contributed by atoms with van der Waals surface area (Å²) in [5.41, 5.74) is -2.78. The maximum atomic E-state index is 6.77. The van der Waals surface area contributed by atoms with Crippen LogP contribution in [0.3, 0.4) is 0 Å². The molecule has 0 radical (unpaired) electrons. The minimum Gasteiger partial charge on any atom is -0.497 e. The second-order valence-electron chi connectivity index (χ2n) is 13.4. The zero-order chi connectivity index (χ0) is 27.2. The fourth-order valence-electron chi connectivity index (χ4n) is 4.75. The van der Waals surface area contributed by atoms with E-state index in [0.29, 0.717) is 5.75 Å². The van der Waals surface area contributed by atoms with Gasteiger partial charge in [-0.3, -0.25) is 0 Å². The van der Waals surface area contributed by atoms with Crippen LogP contribution in [0.4, 0.5) is 0 Å². The molecule has 0 bridgehead atoms. The van der Waals surface area contributed by atoms with Gasteiger partial charge < -0.3 is 32.7 Å². The monoisotopic (exact) mass is 500 g/mol. The van der Waals surface area contributed by atoms with E-state index < -0.39 is 60.1 Å². The van der Waals surface area contributed by atoms with E-state index in [9.17, 15) is 0 Å². The van der Waals surface area contributed by atoms with Crippen molar-refractivity contribution in [2.24, 2.45) is 0 Å². The largest absolute Gasteiger partial charge is 0.497 e. The lowest BCUT2D eigenvalue weighted by Crippen LogP contribution is -2.67. The summed E-state index contributed by atoms with van der Waals surface area (Å²) >= 11 is 0. The summed E-state index contributed by atoms with van der Waals surface area (Å²) < 4.78 is 46.3. The fourth-order valence-corrected chi connectivity index (χ4v) is 4.75. The lowest BCUT2D eigenvalue weighted by Gasteiger charge is -2.38. The molecule has 0 N–H and O–H groups in total. The van der Waals surface area contributed by atoms with Gasteiger partial charge in [0.15, 0.2) is 0 Å². The van der Waals surface area contributed by atoms with E-state index in [1.165, 1.54) is 0 Å². The predicted molar refractivity (Wildman–Crippen MR) is 143 cm³/mol. The minimum atomic E-state index is -1.16. The number of ether oxygens (including phenoxy) is 1. The third-order valence-electron chi connectivity index (χ3n) is 9.50. The molecule has 0 atom stereocenters. The first-order chi connectivity index (χ1) is 16.2. The van der Waals surface area contributed by atoms with Crippen LogP contribution in [-0.2, 0) is 33.0 Å². The Bertz CT molecular complexity index is 869. The van der Waals surface area contributed by atoms with Gasteiger partial charge in [-0.2, -0.15) is 0 Å². The number of hydrogen-bond acceptors (Lipinski definition) is 7. The van der Waals surface area contributed by atoms with Gasteiger partial charge in [0.2, 0.25) is 0 Å². The number of benzene rings is 1. The zero-order valence-corrected chi connectivity index (χ0v) is 24.4. The van der Waals surface area contributed by atoms with Crippen molar-refractivity contribution in [2.75, 3.05) is 7.11 Å². The van der Waals surface area contributed by atoms with Gasteiger partial charge in [0.1, 0.15) is 10.9 Å². The van der Waals surface area contributed by atoms with Crippen molar-refractivity contribution in [3.05, 3.63) is 29.8 Å². The average Bonchev–Trinajstić information content (AvgIpc) is 3.17. The molecule has 198 valence electrons. The number of rotatable bonds is 5. The molecule has 0 saturated carbocycles.